The van der Waals surface area contributed by atoms with Gasteiger partial charge in [0.1, 0.15) is 0 Å². The van der Waals surface area contributed by atoms with E-state index in [4.69, 9.17) is 9.84 Å². The van der Waals surface area contributed by atoms with Gasteiger partial charge in [-0.15, -0.1) is 0 Å². The van der Waals surface area contributed by atoms with Gasteiger partial charge in [0, 0.05) is 19.8 Å². The zero-order valence-electron chi connectivity index (χ0n) is 12.7. The molecule has 0 spiro atoms. The van der Waals surface area contributed by atoms with E-state index in [-0.39, 0.29) is 6.61 Å². The lowest BCUT2D eigenvalue weighted by molar-refractivity contribution is 0.0355. The van der Waals surface area contributed by atoms with Crippen LogP contribution in [0.3, 0.4) is 0 Å². The van der Waals surface area contributed by atoms with Crippen molar-refractivity contribution in [2.24, 2.45) is 5.92 Å². The Morgan fingerprint density at radius 1 is 1.16 bits per heavy atom. The predicted molar refractivity (Wildman–Crippen MR) is 79.3 cm³/mol. The number of nitrogens with one attached hydrogen (secondary N) is 1. The van der Waals surface area contributed by atoms with Crippen LogP contribution in [0.25, 0.3) is 0 Å². The lowest BCUT2D eigenvalue weighted by Gasteiger charge is -2.13. The molecule has 0 heterocycles. The second kappa shape index (κ2) is 14.3. The number of rotatable bonds is 14. The number of ether oxygens (including phenoxy) is 1. The van der Waals surface area contributed by atoms with Crippen molar-refractivity contribution in [3.63, 3.8) is 0 Å². The van der Waals surface area contributed by atoms with Crippen LogP contribution in [-0.2, 0) is 4.74 Å². The van der Waals surface area contributed by atoms with E-state index < -0.39 is 6.10 Å². The Bertz CT molecular complexity index is 179. The van der Waals surface area contributed by atoms with Crippen LogP contribution in [0.2, 0.25) is 0 Å². The zero-order chi connectivity index (χ0) is 14.3. The molecule has 0 radical (unpaired) electrons. The van der Waals surface area contributed by atoms with E-state index in [2.05, 4.69) is 12.2 Å². The molecule has 0 bridgehead atoms. The van der Waals surface area contributed by atoms with Crippen LogP contribution >= 0.6 is 0 Å². The summed E-state index contributed by atoms with van der Waals surface area (Å²) in [5.41, 5.74) is 0. The van der Waals surface area contributed by atoms with Crippen molar-refractivity contribution in [3.05, 3.63) is 0 Å². The smallest absolute Gasteiger partial charge is 0.0897 e. The first-order valence-corrected chi connectivity index (χ1v) is 7.78. The van der Waals surface area contributed by atoms with E-state index in [9.17, 15) is 5.11 Å². The second-order valence-corrected chi connectivity index (χ2v) is 5.42. The lowest BCUT2D eigenvalue weighted by Crippen LogP contribution is -2.31. The van der Waals surface area contributed by atoms with Crippen molar-refractivity contribution in [1.29, 1.82) is 0 Å². The van der Waals surface area contributed by atoms with Crippen molar-refractivity contribution in [2.45, 2.75) is 58.5 Å². The summed E-state index contributed by atoms with van der Waals surface area (Å²) in [7, 11) is 0. The molecule has 0 aromatic heterocycles. The third-order valence-electron chi connectivity index (χ3n) is 3.19. The highest BCUT2D eigenvalue weighted by molar-refractivity contribution is 4.59. The van der Waals surface area contributed by atoms with E-state index in [1.165, 1.54) is 19.3 Å². The average Bonchev–Trinajstić information content (AvgIpc) is 2.42. The molecule has 0 aliphatic heterocycles. The molecule has 116 valence electrons. The molecule has 0 aliphatic rings. The predicted octanol–water partition coefficient (Wildman–Crippen LogP) is 1.94. The number of aliphatic hydroxyl groups excluding tert-OH is 2. The molecule has 3 N–H and O–H groups in total. The molecule has 0 saturated carbocycles. The van der Waals surface area contributed by atoms with Gasteiger partial charge in [0.15, 0.2) is 0 Å². The average molecular weight is 275 g/mol. The van der Waals surface area contributed by atoms with Gasteiger partial charge in [-0.3, -0.25) is 0 Å². The van der Waals surface area contributed by atoms with E-state index in [1.807, 2.05) is 6.92 Å². The topological polar surface area (TPSA) is 61.7 Å². The standard InChI is InChI=1S/C15H33NO3/c1-3-4-5-6-10-19-13-15(18)11-16-9-7-8-14(2)12-17/h14-18H,3-13H2,1-2H3. The summed E-state index contributed by atoms with van der Waals surface area (Å²) < 4.78 is 5.43. The van der Waals surface area contributed by atoms with Gasteiger partial charge < -0.3 is 20.3 Å². The summed E-state index contributed by atoms with van der Waals surface area (Å²) in [6.07, 6.45) is 6.45. The highest BCUT2D eigenvalue weighted by Crippen LogP contribution is 2.02. The highest BCUT2D eigenvalue weighted by Gasteiger charge is 2.04. The van der Waals surface area contributed by atoms with Gasteiger partial charge in [-0.1, -0.05) is 33.1 Å². The lowest BCUT2D eigenvalue weighted by atomic mass is 10.1. The van der Waals surface area contributed by atoms with Crippen molar-refractivity contribution in [1.82, 2.24) is 5.32 Å². The van der Waals surface area contributed by atoms with E-state index in [0.29, 0.717) is 19.1 Å². The maximum atomic E-state index is 9.68. The Morgan fingerprint density at radius 3 is 2.63 bits per heavy atom. The minimum absolute atomic E-state index is 0.258. The third kappa shape index (κ3) is 14.1. The molecule has 0 rings (SSSR count). The van der Waals surface area contributed by atoms with Crippen LogP contribution < -0.4 is 5.32 Å². The third-order valence-corrected chi connectivity index (χ3v) is 3.19. The minimum Gasteiger partial charge on any atom is -0.396 e. The fraction of sp³-hybridized carbons (Fsp3) is 1.00. The summed E-state index contributed by atoms with van der Waals surface area (Å²) in [6.45, 7) is 7.14. The largest absolute Gasteiger partial charge is 0.396 e. The molecule has 4 nitrogen and oxygen atoms in total. The van der Waals surface area contributed by atoms with Gasteiger partial charge in [-0.2, -0.15) is 0 Å². The van der Waals surface area contributed by atoms with Gasteiger partial charge in [-0.25, -0.2) is 0 Å². The minimum atomic E-state index is -0.415. The maximum absolute atomic E-state index is 9.68. The van der Waals surface area contributed by atoms with Crippen LogP contribution in [0, 0.1) is 5.92 Å². The molecule has 2 unspecified atom stereocenters. The Kier molecular flexibility index (Phi) is 14.1. The first-order chi connectivity index (χ1) is 9.20. The maximum Gasteiger partial charge on any atom is 0.0897 e. The first-order valence-electron chi connectivity index (χ1n) is 7.78. The molecular weight excluding hydrogens is 242 g/mol. The second-order valence-electron chi connectivity index (χ2n) is 5.42. The summed E-state index contributed by atoms with van der Waals surface area (Å²) in [5.74, 6) is 0.373. The Labute approximate surface area is 118 Å². The molecule has 0 fully saturated rings. The van der Waals surface area contributed by atoms with Crippen LogP contribution in [0.5, 0.6) is 0 Å². The van der Waals surface area contributed by atoms with E-state index in [1.54, 1.807) is 0 Å². The number of hydrogen-bond donors (Lipinski definition) is 3. The molecule has 0 aromatic carbocycles. The fourth-order valence-electron chi connectivity index (χ4n) is 1.84. The molecule has 19 heavy (non-hydrogen) atoms. The van der Waals surface area contributed by atoms with Crippen molar-refractivity contribution in [3.8, 4) is 0 Å². The number of hydrogen-bond acceptors (Lipinski definition) is 4. The molecule has 0 aromatic rings. The molecule has 4 heteroatoms. The Balaban J connectivity index is 3.19. The summed E-state index contributed by atoms with van der Waals surface area (Å²) >= 11 is 0. The van der Waals surface area contributed by atoms with Crippen molar-refractivity contribution >= 4 is 0 Å². The van der Waals surface area contributed by atoms with Crippen LogP contribution in [0.4, 0.5) is 0 Å². The molecular formula is C15H33NO3. The highest BCUT2D eigenvalue weighted by atomic mass is 16.5. The number of aliphatic hydroxyl groups is 2. The van der Waals surface area contributed by atoms with Crippen LogP contribution in [0.15, 0.2) is 0 Å². The van der Waals surface area contributed by atoms with Gasteiger partial charge in [0.2, 0.25) is 0 Å². The first kappa shape index (κ1) is 18.8. The summed E-state index contributed by atoms with van der Waals surface area (Å²) in [4.78, 5) is 0. The summed E-state index contributed by atoms with van der Waals surface area (Å²) in [6, 6.07) is 0. The zero-order valence-corrected chi connectivity index (χ0v) is 12.7. The Hall–Kier alpha value is -0.160. The van der Waals surface area contributed by atoms with Crippen molar-refractivity contribution in [2.75, 3.05) is 32.9 Å². The quantitative estimate of drug-likeness (QED) is 0.424. The van der Waals surface area contributed by atoms with Gasteiger partial charge in [0.25, 0.3) is 0 Å². The van der Waals surface area contributed by atoms with Crippen molar-refractivity contribution < 1.29 is 14.9 Å². The van der Waals surface area contributed by atoms with Gasteiger partial charge >= 0.3 is 0 Å². The van der Waals surface area contributed by atoms with Crippen LogP contribution in [-0.4, -0.2) is 49.2 Å². The normalized spacial score (nSPS) is 14.5. The molecule has 0 saturated heterocycles. The van der Waals surface area contributed by atoms with E-state index >= 15 is 0 Å². The van der Waals surface area contributed by atoms with Crippen LogP contribution in [0.1, 0.15) is 52.4 Å². The molecule has 0 amide bonds. The monoisotopic (exact) mass is 275 g/mol. The molecule has 2 atom stereocenters. The fourth-order valence-corrected chi connectivity index (χ4v) is 1.84. The SMILES string of the molecule is CCCCCCOCC(O)CNCCCC(C)CO. The van der Waals surface area contributed by atoms with Gasteiger partial charge in [-0.05, 0) is 31.7 Å². The molecule has 0 aliphatic carbocycles. The Morgan fingerprint density at radius 2 is 1.95 bits per heavy atom. The summed E-state index contributed by atoms with van der Waals surface area (Å²) in [5, 5.41) is 21.8. The van der Waals surface area contributed by atoms with E-state index in [0.717, 1.165) is 32.4 Å². The number of unbranched alkanes of at least 4 members (excludes halogenated alkanes) is 3. The van der Waals surface area contributed by atoms with Gasteiger partial charge in [0.05, 0.1) is 12.7 Å².